The van der Waals surface area contributed by atoms with Crippen molar-refractivity contribution in [2.24, 2.45) is 0 Å². The molecule has 0 bridgehead atoms. The van der Waals surface area contributed by atoms with Crippen molar-refractivity contribution in [1.82, 2.24) is 4.90 Å². The molecular weight excluding hydrogens is 500 g/mol. The molecule has 0 saturated heterocycles. The number of unbranched alkanes of at least 4 members (excludes halogenated alkanes) is 9. The molecule has 0 unspecified atom stereocenters. The van der Waals surface area contributed by atoms with E-state index in [0.717, 1.165) is 48.0 Å². The maximum absolute atomic E-state index is 13.1. The Kier molecular flexibility index (Phi) is 12.8. The van der Waals surface area contributed by atoms with Crippen LogP contribution in [0.3, 0.4) is 0 Å². The van der Waals surface area contributed by atoms with Crippen LogP contribution in [0.1, 0.15) is 120 Å². The van der Waals surface area contributed by atoms with E-state index in [2.05, 4.69) is 63.2 Å². The lowest BCUT2D eigenvalue weighted by Crippen LogP contribution is -2.17. The van der Waals surface area contributed by atoms with E-state index < -0.39 is 0 Å². The summed E-state index contributed by atoms with van der Waals surface area (Å²) < 4.78 is 6.24. The third-order valence-corrected chi connectivity index (χ3v) is 8.22. The van der Waals surface area contributed by atoms with Gasteiger partial charge in [-0.3, -0.25) is 4.79 Å². The Morgan fingerprint density at radius 3 is 2.28 bits per heavy atom. The van der Waals surface area contributed by atoms with Gasteiger partial charge in [0, 0.05) is 29.6 Å². The average molecular weight is 551 g/mol. The molecular formula is C34H50N2O2S. The topological polar surface area (TPSA) is 41.6 Å². The Morgan fingerprint density at radius 1 is 0.949 bits per heavy atom. The first-order valence-electron chi connectivity index (χ1n) is 15.0. The molecule has 1 aliphatic rings. The number of hydrogen-bond acceptors (Lipinski definition) is 4. The van der Waals surface area contributed by atoms with E-state index in [1.165, 1.54) is 62.7 Å². The van der Waals surface area contributed by atoms with Crippen molar-refractivity contribution in [2.75, 3.05) is 17.8 Å². The maximum atomic E-state index is 13.1. The van der Waals surface area contributed by atoms with Crippen LogP contribution in [0, 0.1) is 0 Å². The number of amides is 1. The molecule has 0 saturated carbocycles. The van der Waals surface area contributed by atoms with Gasteiger partial charge in [0.05, 0.1) is 12.5 Å². The van der Waals surface area contributed by atoms with E-state index in [1.807, 2.05) is 42.1 Å². The SMILES string of the molecule is CCCCCCCCCCCCOc1ccc(NC(=O)c2cccc(CN3C=C(C)SC3)c2)cc1C(C)(C)C. The van der Waals surface area contributed by atoms with Gasteiger partial charge in [0.25, 0.3) is 5.91 Å². The number of hydrogen-bond donors (Lipinski definition) is 1. The van der Waals surface area contributed by atoms with Crippen LogP contribution in [0.25, 0.3) is 0 Å². The number of benzene rings is 2. The first-order valence-corrected chi connectivity index (χ1v) is 16.0. The number of nitrogens with one attached hydrogen (secondary N) is 1. The first kappa shape index (κ1) is 31.1. The number of allylic oxidation sites excluding steroid dienone is 1. The molecule has 2 aromatic rings. The predicted molar refractivity (Wildman–Crippen MR) is 169 cm³/mol. The van der Waals surface area contributed by atoms with Crippen molar-refractivity contribution < 1.29 is 9.53 Å². The summed E-state index contributed by atoms with van der Waals surface area (Å²) in [5.41, 5.74) is 3.65. The van der Waals surface area contributed by atoms with Crippen molar-refractivity contribution in [3.8, 4) is 5.75 Å². The molecule has 39 heavy (non-hydrogen) atoms. The minimum Gasteiger partial charge on any atom is -0.493 e. The van der Waals surface area contributed by atoms with Crippen molar-refractivity contribution >= 4 is 23.4 Å². The van der Waals surface area contributed by atoms with Gasteiger partial charge >= 0.3 is 0 Å². The van der Waals surface area contributed by atoms with Gasteiger partial charge in [-0.1, -0.05) is 97.6 Å². The molecule has 214 valence electrons. The van der Waals surface area contributed by atoms with E-state index in [4.69, 9.17) is 4.74 Å². The molecule has 0 aliphatic carbocycles. The van der Waals surface area contributed by atoms with Crippen molar-refractivity contribution in [1.29, 1.82) is 0 Å². The lowest BCUT2D eigenvalue weighted by atomic mass is 9.86. The number of carbonyl (C=O) groups excluding carboxylic acids is 1. The first-order chi connectivity index (χ1) is 18.8. The van der Waals surface area contributed by atoms with Crippen LogP contribution in [0.2, 0.25) is 0 Å². The lowest BCUT2D eigenvalue weighted by molar-refractivity contribution is 0.102. The van der Waals surface area contributed by atoms with E-state index in [-0.39, 0.29) is 11.3 Å². The molecule has 3 rings (SSSR count). The molecule has 0 spiro atoms. The minimum atomic E-state index is -0.0901. The molecule has 0 aromatic heterocycles. The summed E-state index contributed by atoms with van der Waals surface area (Å²) in [5, 5.41) is 3.11. The van der Waals surface area contributed by atoms with Crippen LogP contribution in [0.15, 0.2) is 53.6 Å². The summed E-state index contributed by atoms with van der Waals surface area (Å²) in [6.07, 6.45) is 15.4. The number of carbonyl (C=O) groups is 1. The molecule has 1 amide bonds. The number of nitrogens with zero attached hydrogens (tertiary/aromatic N) is 1. The summed E-state index contributed by atoms with van der Waals surface area (Å²) in [7, 11) is 0. The molecule has 0 atom stereocenters. The monoisotopic (exact) mass is 550 g/mol. The van der Waals surface area contributed by atoms with Gasteiger partial charge in [-0.2, -0.15) is 0 Å². The fraction of sp³-hybridized carbons (Fsp3) is 0.559. The molecule has 1 N–H and O–H groups in total. The van der Waals surface area contributed by atoms with Gasteiger partial charge < -0.3 is 15.0 Å². The second-order valence-corrected chi connectivity index (χ2v) is 13.1. The summed E-state index contributed by atoms with van der Waals surface area (Å²) in [5.74, 6) is 1.80. The summed E-state index contributed by atoms with van der Waals surface area (Å²) in [6.45, 7) is 12.5. The van der Waals surface area contributed by atoms with Crippen LogP contribution in [-0.2, 0) is 12.0 Å². The van der Waals surface area contributed by atoms with E-state index in [1.54, 1.807) is 0 Å². The van der Waals surface area contributed by atoms with Gasteiger partial charge in [0.15, 0.2) is 0 Å². The van der Waals surface area contributed by atoms with Gasteiger partial charge in [0.2, 0.25) is 0 Å². The summed E-state index contributed by atoms with van der Waals surface area (Å²) >= 11 is 1.85. The third-order valence-electron chi connectivity index (χ3n) is 7.20. The van der Waals surface area contributed by atoms with Gasteiger partial charge in [0.1, 0.15) is 5.75 Å². The molecule has 1 heterocycles. The van der Waals surface area contributed by atoms with Crippen LogP contribution in [0.4, 0.5) is 5.69 Å². The van der Waals surface area contributed by atoms with Crippen LogP contribution >= 0.6 is 11.8 Å². The highest BCUT2D eigenvalue weighted by molar-refractivity contribution is 8.03. The smallest absolute Gasteiger partial charge is 0.255 e. The summed E-state index contributed by atoms with van der Waals surface area (Å²) in [4.78, 5) is 16.7. The lowest BCUT2D eigenvalue weighted by Gasteiger charge is -2.24. The second-order valence-electron chi connectivity index (χ2n) is 11.9. The fourth-order valence-corrected chi connectivity index (χ4v) is 5.71. The Morgan fingerprint density at radius 2 is 1.64 bits per heavy atom. The summed E-state index contributed by atoms with van der Waals surface area (Å²) in [6, 6.07) is 14.0. The molecule has 1 aliphatic heterocycles. The highest BCUT2D eigenvalue weighted by Crippen LogP contribution is 2.34. The number of ether oxygens (including phenoxy) is 1. The predicted octanol–water partition coefficient (Wildman–Crippen LogP) is 9.90. The Bertz CT molecular complexity index is 1070. The van der Waals surface area contributed by atoms with Gasteiger partial charge in [-0.25, -0.2) is 0 Å². The molecule has 5 heteroatoms. The van der Waals surface area contributed by atoms with Crippen LogP contribution in [0.5, 0.6) is 5.75 Å². The largest absolute Gasteiger partial charge is 0.493 e. The minimum absolute atomic E-state index is 0.0849. The maximum Gasteiger partial charge on any atom is 0.255 e. The highest BCUT2D eigenvalue weighted by Gasteiger charge is 2.20. The Balaban J connectivity index is 1.49. The van der Waals surface area contributed by atoms with Crippen molar-refractivity contribution in [3.05, 3.63) is 70.3 Å². The van der Waals surface area contributed by atoms with E-state index in [9.17, 15) is 4.79 Å². The normalized spacial score (nSPS) is 13.5. The second kappa shape index (κ2) is 16.0. The number of rotatable bonds is 16. The van der Waals surface area contributed by atoms with E-state index >= 15 is 0 Å². The van der Waals surface area contributed by atoms with Crippen molar-refractivity contribution in [3.63, 3.8) is 0 Å². The zero-order valence-corrected chi connectivity index (χ0v) is 25.8. The molecule has 2 aromatic carbocycles. The van der Waals surface area contributed by atoms with Crippen molar-refractivity contribution in [2.45, 2.75) is 111 Å². The number of thioether (sulfide) groups is 1. The van der Waals surface area contributed by atoms with Gasteiger partial charge in [-0.15, -0.1) is 11.8 Å². The van der Waals surface area contributed by atoms with Gasteiger partial charge in [-0.05, 0) is 59.6 Å². The zero-order chi connectivity index (χ0) is 28.1. The fourth-order valence-electron chi connectivity index (χ4n) is 4.95. The van der Waals surface area contributed by atoms with Crippen LogP contribution < -0.4 is 10.1 Å². The quantitative estimate of drug-likeness (QED) is 0.211. The Hall–Kier alpha value is -2.40. The average Bonchev–Trinajstić information content (AvgIpc) is 3.31. The highest BCUT2D eigenvalue weighted by atomic mass is 32.2. The third kappa shape index (κ3) is 10.9. The molecule has 4 nitrogen and oxygen atoms in total. The van der Waals surface area contributed by atoms with Crippen LogP contribution in [-0.4, -0.2) is 23.3 Å². The van der Waals surface area contributed by atoms with E-state index in [0.29, 0.717) is 5.56 Å². The molecule has 0 radical (unpaired) electrons. The Labute approximate surface area is 242 Å². The molecule has 0 fully saturated rings. The zero-order valence-electron chi connectivity index (χ0n) is 25.0. The standard InChI is InChI=1S/C34H50N2O2S/c1-6-7-8-9-10-11-12-13-14-15-21-38-32-20-19-30(23-31(32)34(3,4)5)35-33(37)29-18-16-17-28(22-29)25-36-24-27(2)39-26-36/h16-20,22-24H,6-15,21,25-26H2,1-5H3,(H,35,37). The number of anilines is 1.